The molecule has 0 aliphatic heterocycles. The van der Waals surface area contributed by atoms with Gasteiger partial charge in [-0.1, -0.05) is 219 Å². The molecule has 0 aromatic heterocycles. The highest BCUT2D eigenvalue weighted by molar-refractivity contribution is 7.45. The zero-order valence-corrected chi connectivity index (χ0v) is 38.2. The molecule has 0 radical (unpaired) electrons. The molecule has 2 unspecified atom stereocenters. The number of nitrogens with zero attached hydrogens (tertiary/aromatic N) is 1. The van der Waals surface area contributed by atoms with Crippen molar-refractivity contribution in [3.05, 3.63) is 0 Å². The molecule has 0 spiro atoms. The quantitative estimate of drug-likeness (QED) is 0.0376. The minimum atomic E-state index is -4.40. The molecule has 7 nitrogen and oxygen atoms in total. The summed E-state index contributed by atoms with van der Waals surface area (Å²) in [6.45, 7) is 7.49. The summed E-state index contributed by atoms with van der Waals surface area (Å²) >= 11 is 0. The van der Waals surface area contributed by atoms with Crippen LogP contribution in [0.5, 0.6) is 0 Å². The lowest BCUT2D eigenvalue weighted by atomic mass is 10.0. The van der Waals surface area contributed by atoms with E-state index in [9.17, 15) is 9.46 Å². The second-order valence-electron chi connectivity index (χ2n) is 17.6. The molecule has 0 aromatic rings. The normalized spacial score (nSPS) is 13.8. The Morgan fingerprint density at radius 3 is 1.19 bits per heavy atom. The molecule has 54 heavy (non-hydrogen) atoms. The lowest BCUT2D eigenvalue weighted by Gasteiger charge is -2.30. The molecule has 0 saturated carbocycles. The van der Waals surface area contributed by atoms with E-state index in [0.29, 0.717) is 24.2 Å². The van der Waals surface area contributed by atoms with E-state index in [4.69, 9.17) is 13.8 Å². The van der Waals surface area contributed by atoms with Crippen LogP contribution in [0.4, 0.5) is 0 Å². The van der Waals surface area contributed by atoms with Gasteiger partial charge in [-0.3, -0.25) is 4.57 Å². The van der Waals surface area contributed by atoms with Crippen LogP contribution in [0, 0.1) is 0 Å². The average Bonchev–Trinajstić information content (AvgIpc) is 3.12. The molecule has 0 aliphatic carbocycles. The van der Waals surface area contributed by atoms with Crippen LogP contribution in [0.15, 0.2) is 0 Å². The summed E-state index contributed by atoms with van der Waals surface area (Å²) in [6.07, 6.45) is 45.6. The molecule has 0 amide bonds. The van der Waals surface area contributed by atoms with Crippen molar-refractivity contribution in [2.45, 2.75) is 238 Å². The molecule has 8 heteroatoms. The summed E-state index contributed by atoms with van der Waals surface area (Å²) in [5.74, 6) is 0. The molecule has 0 bridgehead atoms. The fourth-order valence-corrected chi connectivity index (χ4v) is 8.01. The summed E-state index contributed by atoms with van der Waals surface area (Å²) in [4.78, 5) is 12.6. The minimum Gasteiger partial charge on any atom is -0.756 e. The van der Waals surface area contributed by atoms with Gasteiger partial charge in [-0.05, 0) is 19.4 Å². The third-order valence-corrected chi connectivity index (χ3v) is 11.9. The maximum absolute atomic E-state index is 12.6. The van der Waals surface area contributed by atoms with Crippen LogP contribution >= 0.6 is 7.82 Å². The first-order chi connectivity index (χ1) is 26.2. The van der Waals surface area contributed by atoms with Crippen LogP contribution < -0.4 is 10.2 Å². The van der Waals surface area contributed by atoms with Crippen LogP contribution in [-0.4, -0.2) is 71.2 Å². The van der Waals surface area contributed by atoms with Gasteiger partial charge in [0.25, 0.3) is 7.82 Å². The van der Waals surface area contributed by atoms with Gasteiger partial charge in [0.15, 0.2) is 0 Å². The van der Waals surface area contributed by atoms with Crippen molar-refractivity contribution < 1.29 is 27.7 Å². The van der Waals surface area contributed by atoms with E-state index < -0.39 is 13.9 Å². The van der Waals surface area contributed by atoms with Gasteiger partial charge in [-0.15, -0.1) is 0 Å². The number of nitrogens with one attached hydrogen (secondary N) is 1. The van der Waals surface area contributed by atoms with Crippen molar-refractivity contribution in [3.63, 3.8) is 0 Å². The van der Waals surface area contributed by atoms with Gasteiger partial charge in [0, 0.05) is 13.2 Å². The molecule has 1 N–H and O–H groups in total. The van der Waals surface area contributed by atoms with Crippen molar-refractivity contribution in [1.82, 2.24) is 5.32 Å². The summed E-state index contributed by atoms with van der Waals surface area (Å²) < 4.78 is 29.9. The molecule has 0 fully saturated rings. The lowest BCUT2D eigenvalue weighted by Crippen LogP contribution is -2.38. The second kappa shape index (κ2) is 41.2. The Morgan fingerprint density at radius 1 is 0.500 bits per heavy atom. The number of unbranched alkanes of at least 4 members (excludes halogenated alkanes) is 32. The summed E-state index contributed by atoms with van der Waals surface area (Å²) in [7, 11) is 1.63. The second-order valence-corrected chi connectivity index (χ2v) is 19.0. The first kappa shape index (κ1) is 54.0. The molecular formula is C46H97N2O5P. The van der Waals surface area contributed by atoms with Gasteiger partial charge in [0.05, 0.1) is 27.7 Å². The smallest absolute Gasteiger partial charge is 0.268 e. The molecule has 0 aromatic carbocycles. The summed E-state index contributed by atoms with van der Waals surface area (Å²) in [5, 5.41) is 3.43. The standard InChI is InChI=1S/C46H97N2O5P/c1-6-8-10-12-14-16-18-20-22-24-25-26-28-30-32-34-36-38-40-47-44-46(53-54(49,50)52-43-41-48(3,4)5)45-51-42-39-37-35-33-31-29-27-23-21-19-17-15-13-11-9-7-2/h46-47H,6-45H2,1-5H3. The number of phosphoric acid groups is 1. The van der Waals surface area contributed by atoms with Crippen LogP contribution in [0.25, 0.3) is 0 Å². The third kappa shape index (κ3) is 44.7. The van der Waals surface area contributed by atoms with Crippen molar-refractivity contribution in [2.24, 2.45) is 0 Å². The van der Waals surface area contributed by atoms with E-state index in [-0.39, 0.29) is 13.2 Å². The van der Waals surface area contributed by atoms with Crippen molar-refractivity contribution in [1.29, 1.82) is 0 Å². The van der Waals surface area contributed by atoms with Crippen LogP contribution in [0.3, 0.4) is 0 Å². The van der Waals surface area contributed by atoms with E-state index in [1.807, 2.05) is 21.1 Å². The molecule has 0 heterocycles. The first-order valence-electron chi connectivity index (χ1n) is 23.9. The Kier molecular flexibility index (Phi) is 41.2. The van der Waals surface area contributed by atoms with Crippen molar-refractivity contribution in [3.8, 4) is 0 Å². The van der Waals surface area contributed by atoms with E-state index >= 15 is 0 Å². The highest BCUT2D eigenvalue weighted by atomic mass is 31.2. The van der Waals surface area contributed by atoms with Gasteiger partial charge in [-0.2, -0.15) is 0 Å². The predicted octanol–water partition coefficient (Wildman–Crippen LogP) is 13.5. The molecule has 0 rings (SSSR count). The first-order valence-corrected chi connectivity index (χ1v) is 25.4. The lowest BCUT2D eigenvalue weighted by molar-refractivity contribution is -0.870. The number of likely N-dealkylation sites (N-methyl/N-ethyl adjacent to an activating group) is 1. The SMILES string of the molecule is CCCCCCCCCCCCCCCCCCCCNCC(COCCCCCCCCCCCCCCCCCC)OP(=O)([O-])OCC[N+](C)(C)C. The van der Waals surface area contributed by atoms with Crippen molar-refractivity contribution >= 4 is 7.82 Å². The Labute approximate surface area is 338 Å². The fraction of sp³-hybridized carbons (Fsp3) is 1.00. The molecule has 326 valence electrons. The average molecular weight is 789 g/mol. The Balaban J connectivity index is 3.97. The zero-order valence-electron chi connectivity index (χ0n) is 37.3. The number of ether oxygens (including phenoxy) is 1. The van der Waals surface area contributed by atoms with E-state index in [2.05, 4.69) is 19.2 Å². The number of hydrogen-bond acceptors (Lipinski definition) is 6. The highest BCUT2D eigenvalue weighted by Crippen LogP contribution is 2.39. The zero-order chi connectivity index (χ0) is 39.7. The molecule has 0 aliphatic rings. The van der Waals surface area contributed by atoms with Crippen molar-refractivity contribution in [2.75, 3.05) is 60.6 Å². The maximum Gasteiger partial charge on any atom is 0.268 e. The molecular weight excluding hydrogens is 691 g/mol. The number of rotatable bonds is 46. The number of phosphoric ester groups is 1. The highest BCUT2D eigenvalue weighted by Gasteiger charge is 2.20. The topological polar surface area (TPSA) is 79.9 Å². The fourth-order valence-electron chi connectivity index (χ4n) is 7.15. The summed E-state index contributed by atoms with van der Waals surface area (Å²) in [6, 6.07) is 0. The predicted molar refractivity (Wildman–Crippen MR) is 233 cm³/mol. The Morgan fingerprint density at radius 2 is 0.833 bits per heavy atom. The van der Waals surface area contributed by atoms with E-state index in [1.54, 1.807) is 0 Å². The minimum absolute atomic E-state index is 0.115. The molecule has 2 atom stereocenters. The molecule has 0 saturated heterocycles. The van der Waals surface area contributed by atoms with Gasteiger partial charge in [-0.25, -0.2) is 0 Å². The van der Waals surface area contributed by atoms with Crippen LogP contribution in [0.2, 0.25) is 0 Å². The van der Waals surface area contributed by atoms with Gasteiger partial charge < -0.3 is 28.5 Å². The monoisotopic (exact) mass is 789 g/mol. The van der Waals surface area contributed by atoms with Crippen LogP contribution in [-0.2, 0) is 18.3 Å². The van der Waals surface area contributed by atoms with Gasteiger partial charge in [0.2, 0.25) is 0 Å². The van der Waals surface area contributed by atoms with E-state index in [0.717, 1.165) is 25.8 Å². The maximum atomic E-state index is 12.6. The van der Waals surface area contributed by atoms with Gasteiger partial charge in [0.1, 0.15) is 19.3 Å². The van der Waals surface area contributed by atoms with Crippen LogP contribution in [0.1, 0.15) is 232 Å². The number of hydrogen-bond donors (Lipinski definition) is 1. The van der Waals surface area contributed by atoms with Gasteiger partial charge >= 0.3 is 0 Å². The Bertz CT molecular complexity index is 781. The number of quaternary nitrogens is 1. The summed E-state index contributed by atoms with van der Waals surface area (Å²) in [5.41, 5.74) is 0. The third-order valence-electron chi connectivity index (χ3n) is 10.8. The van der Waals surface area contributed by atoms with E-state index in [1.165, 1.54) is 199 Å². The Hall–Kier alpha value is -0.0100. The largest absolute Gasteiger partial charge is 0.756 e.